The third-order valence-corrected chi connectivity index (χ3v) is 4.00. The van der Waals surface area contributed by atoms with Crippen LogP contribution in [0.4, 0.5) is 0 Å². The highest BCUT2D eigenvalue weighted by Crippen LogP contribution is 2.35. The fraction of sp³-hybridized carbons (Fsp3) is 1.00. The van der Waals surface area contributed by atoms with Gasteiger partial charge in [-0.2, -0.15) is 0 Å². The molecule has 2 heteroatoms. The van der Waals surface area contributed by atoms with Gasteiger partial charge in [-0.25, -0.2) is 0 Å². The van der Waals surface area contributed by atoms with Crippen LogP contribution >= 0.6 is 0 Å². The molecule has 2 unspecified atom stereocenters. The van der Waals surface area contributed by atoms with Crippen molar-refractivity contribution in [1.29, 1.82) is 0 Å². The molecule has 2 saturated carbocycles. The van der Waals surface area contributed by atoms with Crippen LogP contribution in [0.5, 0.6) is 0 Å². The van der Waals surface area contributed by atoms with E-state index in [0.717, 1.165) is 18.4 Å². The zero-order valence-electron chi connectivity index (χ0n) is 9.39. The second kappa shape index (κ2) is 4.19. The summed E-state index contributed by atoms with van der Waals surface area (Å²) in [6.45, 7) is 4.36. The van der Waals surface area contributed by atoms with Crippen LogP contribution in [0.15, 0.2) is 0 Å². The van der Waals surface area contributed by atoms with Crippen molar-refractivity contribution in [3.63, 3.8) is 0 Å². The number of hydrogen-bond donors (Lipinski definition) is 2. The molecule has 2 atom stereocenters. The molecule has 0 aromatic carbocycles. The first kappa shape index (κ1) is 10.4. The van der Waals surface area contributed by atoms with Gasteiger partial charge in [-0.15, -0.1) is 0 Å². The van der Waals surface area contributed by atoms with Gasteiger partial charge in [0.2, 0.25) is 0 Å². The third-order valence-electron chi connectivity index (χ3n) is 4.00. The molecule has 3 N–H and O–H groups in total. The topological polar surface area (TPSA) is 38.0 Å². The van der Waals surface area contributed by atoms with E-state index in [9.17, 15) is 0 Å². The van der Waals surface area contributed by atoms with Crippen molar-refractivity contribution >= 4 is 0 Å². The molecule has 0 spiro atoms. The second-order valence-corrected chi connectivity index (χ2v) is 5.49. The van der Waals surface area contributed by atoms with Gasteiger partial charge >= 0.3 is 0 Å². The standard InChI is InChI=1S/C12H24N2/c1-10-4-6-12(8-10,9-13)14-7-5-11-2-3-11/h10-11,14H,2-9,13H2,1H3. The Bertz CT molecular complexity index is 189. The quantitative estimate of drug-likeness (QED) is 0.705. The lowest BCUT2D eigenvalue weighted by Crippen LogP contribution is -2.49. The molecule has 2 nitrogen and oxygen atoms in total. The number of rotatable bonds is 5. The number of nitrogens with one attached hydrogen (secondary N) is 1. The molecular formula is C12H24N2. The van der Waals surface area contributed by atoms with E-state index >= 15 is 0 Å². The molecule has 0 aromatic heterocycles. The van der Waals surface area contributed by atoms with E-state index in [4.69, 9.17) is 5.73 Å². The molecule has 0 aliphatic heterocycles. The van der Waals surface area contributed by atoms with Crippen LogP contribution in [-0.2, 0) is 0 Å². The first-order chi connectivity index (χ1) is 6.74. The summed E-state index contributed by atoms with van der Waals surface area (Å²) in [5, 5.41) is 3.72. The molecule has 2 rings (SSSR count). The average molecular weight is 196 g/mol. The van der Waals surface area contributed by atoms with Crippen molar-refractivity contribution in [3.05, 3.63) is 0 Å². The molecular weight excluding hydrogens is 172 g/mol. The van der Waals surface area contributed by atoms with Gasteiger partial charge in [-0.1, -0.05) is 19.8 Å². The maximum atomic E-state index is 5.90. The van der Waals surface area contributed by atoms with Crippen LogP contribution in [0, 0.1) is 11.8 Å². The molecule has 2 fully saturated rings. The van der Waals surface area contributed by atoms with E-state index in [1.807, 2.05) is 0 Å². The highest BCUT2D eigenvalue weighted by Gasteiger charge is 2.35. The summed E-state index contributed by atoms with van der Waals surface area (Å²) in [6.07, 6.45) is 8.23. The van der Waals surface area contributed by atoms with E-state index in [-0.39, 0.29) is 0 Å². The molecule has 82 valence electrons. The van der Waals surface area contributed by atoms with Gasteiger partial charge in [0, 0.05) is 12.1 Å². The second-order valence-electron chi connectivity index (χ2n) is 5.49. The van der Waals surface area contributed by atoms with Crippen molar-refractivity contribution in [3.8, 4) is 0 Å². The fourth-order valence-corrected chi connectivity index (χ4v) is 2.76. The predicted molar refractivity (Wildman–Crippen MR) is 60.1 cm³/mol. The Morgan fingerprint density at radius 1 is 1.36 bits per heavy atom. The average Bonchev–Trinajstić information content (AvgIpc) is 2.91. The first-order valence-corrected chi connectivity index (χ1v) is 6.19. The summed E-state index contributed by atoms with van der Waals surface area (Å²) >= 11 is 0. The molecule has 0 radical (unpaired) electrons. The van der Waals surface area contributed by atoms with Gasteiger partial charge in [0.25, 0.3) is 0 Å². The molecule has 2 aliphatic carbocycles. The van der Waals surface area contributed by atoms with E-state index < -0.39 is 0 Å². The normalized spacial score (nSPS) is 37.7. The van der Waals surface area contributed by atoms with Crippen LogP contribution in [0.2, 0.25) is 0 Å². The zero-order chi connectivity index (χ0) is 10.0. The van der Waals surface area contributed by atoms with Crippen molar-refractivity contribution < 1.29 is 0 Å². The highest BCUT2D eigenvalue weighted by molar-refractivity contribution is 4.96. The number of hydrogen-bond acceptors (Lipinski definition) is 2. The fourth-order valence-electron chi connectivity index (χ4n) is 2.76. The zero-order valence-corrected chi connectivity index (χ0v) is 9.39. The van der Waals surface area contributed by atoms with Gasteiger partial charge in [-0.05, 0) is 44.1 Å². The largest absolute Gasteiger partial charge is 0.329 e. The van der Waals surface area contributed by atoms with Crippen molar-refractivity contribution in [1.82, 2.24) is 5.32 Å². The molecule has 0 bridgehead atoms. The molecule has 0 saturated heterocycles. The summed E-state index contributed by atoms with van der Waals surface area (Å²) in [7, 11) is 0. The van der Waals surface area contributed by atoms with Gasteiger partial charge in [-0.3, -0.25) is 0 Å². The monoisotopic (exact) mass is 196 g/mol. The van der Waals surface area contributed by atoms with Gasteiger partial charge in [0.15, 0.2) is 0 Å². The third kappa shape index (κ3) is 2.48. The summed E-state index contributed by atoms with van der Waals surface area (Å²) in [6, 6.07) is 0. The van der Waals surface area contributed by atoms with Crippen LogP contribution in [-0.4, -0.2) is 18.6 Å². The van der Waals surface area contributed by atoms with Crippen molar-refractivity contribution in [2.45, 2.75) is 51.0 Å². The maximum absolute atomic E-state index is 5.90. The molecule has 0 amide bonds. The van der Waals surface area contributed by atoms with Gasteiger partial charge < -0.3 is 11.1 Å². The Kier molecular flexibility index (Phi) is 3.13. The summed E-state index contributed by atoms with van der Waals surface area (Å²) in [5.41, 5.74) is 6.20. The van der Waals surface area contributed by atoms with Gasteiger partial charge in [0.05, 0.1) is 0 Å². The van der Waals surface area contributed by atoms with E-state index in [0.29, 0.717) is 5.54 Å². The smallest absolute Gasteiger partial charge is 0.0306 e. The molecule has 0 aromatic rings. The minimum Gasteiger partial charge on any atom is -0.329 e. The van der Waals surface area contributed by atoms with E-state index in [2.05, 4.69) is 12.2 Å². The van der Waals surface area contributed by atoms with E-state index in [1.165, 1.54) is 45.1 Å². The lowest BCUT2D eigenvalue weighted by molar-refractivity contribution is 0.326. The van der Waals surface area contributed by atoms with E-state index in [1.54, 1.807) is 0 Å². The Morgan fingerprint density at radius 2 is 2.14 bits per heavy atom. The van der Waals surface area contributed by atoms with Crippen LogP contribution < -0.4 is 11.1 Å². The SMILES string of the molecule is CC1CCC(CN)(NCCC2CC2)C1. The van der Waals surface area contributed by atoms with Gasteiger partial charge in [0.1, 0.15) is 0 Å². The van der Waals surface area contributed by atoms with Crippen LogP contribution in [0.3, 0.4) is 0 Å². The van der Waals surface area contributed by atoms with Crippen LogP contribution in [0.25, 0.3) is 0 Å². The number of nitrogens with two attached hydrogens (primary N) is 1. The highest BCUT2D eigenvalue weighted by atomic mass is 15.0. The summed E-state index contributed by atoms with van der Waals surface area (Å²) in [4.78, 5) is 0. The molecule has 2 aliphatic rings. The van der Waals surface area contributed by atoms with Crippen LogP contribution in [0.1, 0.15) is 45.4 Å². The van der Waals surface area contributed by atoms with Crippen molar-refractivity contribution in [2.24, 2.45) is 17.6 Å². The predicted octanol–water partition coefficient (Wildman–Crippen LogP) is 1.89. The lowest BCUT2D eigenvalue weighted by Gasteiger charge is -2.29. The Labute approximate surface area is 87.6 Å². The Morgan fingerprint density at radius 3 is 2.64 bits per heavy atom. The lowest BCUT2D eigenvalue weighted by atomic mass is 9.96. The first-order valence-electron chi connectivity index (χ1n) is 6.19. The minimum absolute atomic E-state index is 0.300. The van der Waals surface area contributed by atoms with Crippen molar-refractivity contribution in [2.75, 3.05) is 13.1 Å². The summed E-state index contributed by atoms with van der Waals surface area (Å²) in [5.74, 6) is 1.91. The molecule has 0 heterocycles. The minimum atomic E-state index is 0.300. The summed E-state index contributed by atoms with van der Waals surface area (Å²) < 4.78 is 0. The molecule has 14 heavy (non-hydrogen) atoms. The Balaban J connectivity index is 1.73. The maximum Gasteiger partial charge on any atom is 0.0306 e. The Hall–Kier alpha value is -0.0800.